The number of amides is 2. The normalized spacial score (nSPS) is 10.5. The number of benzene rings is 3. The first-order valence-corrected chi connectivity index (χ1v) is 11.5. The summed E-state index contributed by atoms with van der Waals surface area (Å²) in [5.41, 5.74) is 2.32. The van der Waals surface area contributed by atoms with E-state index in [-0.39, 0.29) is 24.3 Å². The Kier molecular flexibility index (Phi) is 8.54. The van der Waals surface area contributed by atoms with Crippen molar-refractivity contribution in [2.75, 3.05) is 31.5 Å². The average molecular weight is 527 g/mol. The van der Waals surface area contributed by atoms with E-state index in [1.807, 2.05) is 24.3 Å². The van der Waals surface area contributed by atoms with Gasteiger partial charge in [-0.15, -0.1) is 0 Å². The minimum Gasteiger partial charge on any atom is -0.494 e. The summed E-state index contributed by atoms with van der Waals surface area (Å²) < 4.78 is 17.6. The van der Waals surface area contributed by atoms with E-state index in [0.29, 0.717) is 34.2 Å². The molecular formula is C26H27BrN2O5. The largest absolute Gasteiger partial charge is 0.494 e. The van der Waals surface area contributed by atoms with E-state index < -0.39 is 0 Å². The molecule has 0 saturated heterocycles. The fourth-order valence-corrected chi connectivity index (χ4v) is 3.69. The predicted octanol–water partition coefficient (Wildman–Crippen LogP) is 5.86. The van der Waals surface area contributed by atoms with Gasteiger partial charge in [0.1, 0.15) is 17.2 Å². The Morgan fingerprint density at radius 3 is 2.06 bits per heavy atom. The lowest BCUT2D eigenvalue weighted by atomic mass is 10.0. The second-order valence-corrected chi connectivity index (χ2v) is 8.66. The molecular weight excluding hydrogens is 500 g/mol. The van der Waals surface area contributed by atoms with Crippen LogP contribution in [0.4, 0.5) is 11.4 Å². The summed E-state index contributed by atoms with van der Waals surface area (Å²) in [6.45, 7) is 3.94. The molecule has 3 aromatic rings. The Bertz CT molecular complexity index is 1170. The number of carbonyl (C=O) groups excluding carboxylic acids is 2. The van der Waals surface area contributed by atoms with Crippen molar-refractivity contribution in [3.05, 3.63) is 76.3 Å². The smallest absolute Gasteiger partial charge is 0.262 e. The molecule has 0 aliphatic rings. The van der Waals surface area contributed by atoms with Gasteiger partial charge in [0.15, 0.2) is 6.61 Å². The summed E-state index contributed by atoms with van der Waals surface area (Å²) in [7, 11) is 2.96. The Morgan fingerprint density at radius 1 is 0.853 bits per heavy atom. The standard InChI is InChI=1S/C26H27BrN2O5/c1-16(2)19-12-18(27)10-11-22(19)34-15-25(30)28-20-13-24(33-4)21(14-23(20)32-3)29-26(31)17-8-6-5-7-9-17/h5-14,16H,15H2,1-4H3,(H,28,30)(H,29,31). The van der Waals surface area contributed by atoms with Crippen LogP contribution >= 0.6 is 15.9 Å². The lowest BCUT2D eigenvalue weighted by molar-refractivity contribution is -0.118. The van der Waals surface area contributed by atoms with Gasteiger partial charge < -0.3 is 24.8 Å². The maximum absolute atomic E-state index is 12.6. The van der Waals surface area contributed by atoms with Crippen LogP contribution in [0.2, 0.25) is 0 Å². The highest BCUT2D eigenvalue weighted by atomic mass is 79.9. The zero-order valence-corrected chi connectivity index (χ0v) is 21.1. The van der Waals surface area contributed by atoms with Crippen molar-refractivity contribution in [3.63, 3.8) is 0 Å². The van der Waals surface area contributed by atoms with E-state index in [2.05, 4.69) is 40.4 Å². The molecule has 0 spiro atoms. The zero-order valence-electron chi connectivity index (χ0n) is 19.5. The molecule has 8 heteroatoms. The Labute approximate surface area is 207 Å². The Balaban J connectivity index is 1.74. The number of halogens is 1. The number of methoxy groups -OCH3 is 2. The van der Waals surface area contributed by atoms with Crippen LogP contribution < -0.4 is 24.8 Å². The second-order valence-electron chi connectivity index (χ2n) is 7.75. The highest BCUT2D eigenvalue weighted by Gasteiger charge is 2.17. The molecule has 2 N–H and O–H groups in total. The molecule has 0 atom stereocenters. The van der Waals surface area contributed by atoms with Gasteiger partial charge in [0.2, 0.25) is 0 Å². The molecule has 0 aliphatic carbocycles. The minimum absolute atomic E-state index is 0.181. The molecule has 3 rings (SSSR count). The van der Waals surface area contributed by atoms with Crippen molar-refractivity contribution < 1.29 is 23.8 Å². The lowest BCUT2D eigenvalue weighted by Crippen LogP contribution is -2.21. The SMILES string of the molecule is COc1cc(NC(=O)c2ccccc2)c(OC)cc1NC(=O)COc1ccc(Br)cc1C(C)C. The van der Waals surface area contributed by atoms with E-state index in [4.69, 9.17) is 14.2 Å². The molecule has 0 fully saturated rings. The van der Waals surface area contributed by atoms with Gasteiger partial charge in [-0.25, -0.2) is 0 Å². The van der Waals surface area contributed by atoms with Crippen LogP contribution in [0.15, 0.2) is 65.1 Å². The second kappa shape index (κ2) is 11.6. The predicted molar refractivity (Wildman–Crippen MR) is 136 cm³/mol. The molecule has 0 bridgehead atoms. The molecule has 0 aliphatic heterocycles. The third-order valence-corrected chi connectivity index (χ3v) is 5.53. The number of carbonyl (C=O) groups is 2. The Morgan fingerprint density at radius 2 is 1.47 bits per heavy atom. The fraction of sp³-hybridized carbons (Fsp3) is 0.231. The molecule has 0 heterocycles. The number of anilines is 2. The topological polar surface area (TPSA) is 85.9 Å². The first-order valence-electron chi connectivity index (χ1n) is 10.7. The van der Waals surface area contributed by atoms with Gasteiger partial charge in [0.25, 0.3) is 11.8 Å². The van der Waals surface area contributed by atoms with Gasteiger partial charge in [-0.2, -0.15) is 0 Å². The summed E-state index contributed by atoms with van der Waals surface area (Å²) in [4.78, 5) is 25.2. The molecule has 7 nitrogen and oxygen atoms in total. The summed E-state index contributed by atoms with van der Waals surface area (Å²) in [6.07, 6.45) is 0. The third-order valence-electron chi connectivity index (χ3n) is 5.03. The van der Waals surface area contributed by atoms with Gasteiger partial charge >= 0.3 is 0 Å². The monoisotopic (exact) mass is 526 g/mol. The van der Waals surface area contributed by atoms with Gasteiger partial charge in [0, 0.05) is 22.2 Å². The van der Waals surface area contributed by atoms with Crippen LogP contribution in [-0.4, -0.2) is 32.6 Å². The van der Waals surface area contributed by atoms with E-state index in [1.54, 1.807) is 36.4 Å². The van der Waals surface area contributed by atoms with Crippen molar-refractivity contribution in [3.8, 4) is 17.2 Å². The van der Waals surface area contributed by atoms with Crippen molar-refractivity contribution in [2.45, 2.75) is 19.8 Å². The highest BCUT2D eigenvalue weighted by Crippen LogP contribution is 2.37. The highest BCUT2D eigenvalue weighted by molar-refractivity contribution is 9.10. The average Bonchev–Trinajstić information content (AvgIpc) is 2.84. The number of ether oxygens (including phenoxy) is 3. The number of hydrogen-bond donors (Lipinski definition) is 2. The van der Waals surface area contributed by atoms with E-state index in [9.17, 15) is 9.59 Å². The first kappa shape index (κ1) is 25.1. The number of hydrogen-bond acceptors (Lipinski definition) is 5. The summed E-state index contributed by atoms with van der Waals surface area (Å²) in [5, 5.41) is 5.60. The number of nitrogens with one attached hydrogen (secondary N) is 2. The van der Waals surface area contributed by atoms with E-state index in [0.717, 1.165) is 10.0 Å². The molecule has 0 saturated carbocycles. The summed E-state index contributed by atoms with van der Waals surface area (Å²) in [6, 6.07) is 17.7. The first-order chi connectivity index (χ1) is 16.3. The summed E-state index contributed by atoms with van der Waals surface area (Å²) in [5.74, 6) is 0.969. The zero-order chi connectivity index (χ0) is 24.7. The van der Waals surface area contributed by atoms with Crippen LogP contribution in [0.1, 0.15) is 35.7 Å². The Hall–Kier alpha value is -3.52. The van der Waals surface area contributed by atoms with Crippen molar-refractivity contribution in [1.82, 2.24) is 0 Å². The van der Waals surface area contributed by atoms with Gasteiger partial charge in [-0.3, -0.25) is 9.59 Å². The third kappa shape index (κ3) is 6.29. The molecule has 0 radical (unpaired) electrons. The van der Waals surface area contributed by atoms with Gasteiger partial charge in [-0.05, 0) is 41.8 Å². The molecule has 178 valence electrons. The lowest BCUT2D eigenvalue weighted by Gasteiger charge is -2.17. The molecule has 0 aromatic heterocycles. The van der Waals surface area contributed by atoms with E-state index >= 15 is 0 Å². The molecule has 3 aromatic carbocycles. The maximum atomic E-state index is 12.6. The molecule has 34 heavy (non-hydrogen) atoms. The van der Waals surface area contributed by atoms with Crippen molar-refractivity contribution in [1.29, 1.82) is 0 Å². The molecule has 0 unspecified atom stereocenters. The van der Waals surface area contributed by atoms with Crippen LogP contribution in [-0.2, 0) is 4.79 Å². The number of rotatable bonds is 9. The van der Waals surface area contributed by atoms with Crippen LogP contribution in [0.25, 0.3) is 0 Å². The van der Waals surface area contributed by atoms with Crippen LogP contribution in [0, 0.1) is 0 Å². The maximum Gasteiger partial charge on any atom is 0.262 e. The fourth-order valence-electron chi connectivity index (χ4n) is 3.31. The summed E-state index contributed by atoms with van der Waals surface area (Å²) >= 11 is 3.47. The van der Waals surface area contributed by atoms with Crippen LogP contribution in [0.3, 0.4) is 0 Å². The van der Waals surface area contributed by atoms with Crippen LogP contribution in [0.5, 0.6) is 17.2 Å². The van der Waals surface area contributed by atoms with Crippen molar-refractivity contribution >= 4 is 39.1 Å². The van der Waals surface area contributed by atoms with Gasteiger partial charge in [0.05, 0.1) is 25.6 Å². The minimum atomic E-state index is -0.362. The van der Waals surface area contributed by atoms with Crippen molar-refractivity contribution in [2.24, 2.45) is 0 Å². The van der Waals surface area contributed by atoms with E-state index in [1.165, 1.54) is 14.2 Å². The quantitative estimate of drug-likeness (QED) is 0.364. The van der Waals surface area contributed by atoms with Gasteiger partial charge in [-0.1, -0.05) is 48.0 Å². The molecule has 2 amide bonds.